The first-order valence-corrected chi connectivity index (χ1v) is 9.22. The van der Waals surface area contributed by atoms with Crippen LogP contribution >= 0.6 is 0 Å². The minimum absolute atomic E-state index is 0.0354. The van der Waals surface area contributed by atoms with Gasteiger partial charge in [-0.3, -0.25) is 9.59 Å². The Morgan fingerprint density at radius 2 is 1.50 bits per heavy atom. The van der Waals surface area contributed by atoms with E-state index in [9.17, 15) is 22.8 Å². The smallest absolute Gasteiger partial charge is 0.416 e. The Labute approximate surface area is 169 Å². The Kier molecular flexibility index (Phi) is 5.11. The minimum Gasteiger partial charge on any atom is -0.459 e. The third-order valence-corrected chi connectivity index (χ3v) is 4.88. The van der Waals surface area contributed by atoms with Crippen LogP contribution in [0.15, 0.2) is 63.6 Å². The van der Waals surface area contributed by atoms with Crippen LogP contribution in [0.4, 0.5) is 13.2 Å². The van der Waals surface area contributed by atoms with Gasteiger partial charge in [0, 0.05) is 31.7 Å². The SMILES string of the molecule is O=C(c1ccco1)N1CCN(C(=O)c2ccc(-c3cccc(C(F)(F)F)c3)o2)CC1. The topological polar surface area (TPSA) is 66.9 Å². The molecule has 1 aliphatic rings. The van der Waals surface area contributed by atoms with E-state index in [0.29, 0.717) is 26.2 Å². The van der Waals surface area contributed by atoms with Crippen molar-refractivity contribution in [3.05, 3.63) is 71.9 Å². The van der Waals surface area contributed by atoms with E-state index in [0.717, 1.165) is 12.1 Å². The van der Waals surface area contributed by atoms with Gasteiger partial charge in [-0.25, -0.2) is 0 Å². The fourth-order valence-corrected chi connectivity index (χ4v) is 3.28. The fraction of sp³-hybridized carbons (Fsp3) is 0.238. The first kappa shape index (κ1) is 19.8. The van der Waals surface area contributed by atoms with E-state index in [-0.39, 0.29) is 34.7 Å². The molecule has 0 aliphatic carbocycles. The lowest BCUT2D eigenvalue weighted by Crippen LogP contribution is -2.50. The average Bonchev–Trinajstić information content (AvgIpc) is 3.45. The van der Waals surface area contributed by atoms with Gasteiger partial charge in [-0.1, -0.05) is 12.1 Å². The lowest BCUT2D eigenvalue weighted by molar-refractivity contribution is -0.137. The third kappa shape index (κ3) is 3.96. The van der Waals surface area contributed by atoms with Crippen LogP contribution in [-0.2, 0) is 6.18 Å². The van der Waals surface area contributed by atoms with Gasteiger partial charge in [-0.15, -0.1) is 0 Å². The van der Waals surface area contributed by atoms with Gasteiger partial charge in [0.1, 0.15) is 5.76 Å². The molecule has 0 bridgehead atoms. The molecule has 1 saturated heterocycles. The second-order valence-electron chi connectivity index (χ2n) is 6.80. The number of halogens is 3. The lowest BCUT2D eigenvalue weighted by Gasteiger charge is -2.33. The first-order valence-electron chi connectivity index (χ1n) is 9.22. The molecule has 0 unspecified atom stereocenters. The molecule has 0 atom stereocenters. The molecule has 2 aromatic heterocycles. The molecule has 0 N–H and O–H groups in total. The van der Waals surface area contributed by atoms with Crippen LogP contribution in [0.25, 0.3) is 11.3 Å². The number of furan rings is 2. The molecule has 4 rings (SSSR count). The Morgan fingerprint density at radius 1 is 0.833 bits per heavy atom. The molecule has 3 aromatic rings. The Morgan fingerprint density at radius 3 is 2.10 bits per heavy atom. The predicted octanol–water partition coefficient (Wildman–Crippen LogP) is 4.16. The first-order chi connectivity index (χ1) is 14.3. The molecule has 1 aliphatic heterocycles. The van der Waals surface area contributed by atoms with Crippen molar-refractivity contribution in [1.82, 2.24) is 9.80 Å². The molecular weight excluding hydrogens is 401 g/mol. The van der Waals surface area contributed by atoms with Crippen LogP contribution in [0.2, 0.25) is 0 Å². The van der Waals surface area contributed by atoms with Crippen LogP contribution in [-0.4, -0.2) is 47.8 Å². The number of hydrogen-bond acceptors (Lipinski definition) is 4. The van der Waals surface area contributed by atoms with Gasteiger partial charge >= 0.3 is 6.18 Å². The summed E-state index contributed by atoms with van der Waals surface area (Å²) < 4.78 is 49.4. The molecule has 9 heteroatoms. The monoisotopic (exact) mass is 418 g/mol. The van der Waals surface area contributed by atoms with Crippen molar-refractivity contribution in [1.29, 1.82) is 0 Å². The van der Waals surface area contributed by atoms with Gasteiger partial charge in [0.25, 0.3) is 11.8 Å². The van der Waals surface area contributed by atoms with Crippen LogP contribution in [0.5, 0.6) is 0 Å². The largest absolute Gasteiger partial charge is 0.459 e. The van der Waals surface area contributed by atoms with Crippen molar-refractivity contribution in [2.24, 2.45) is 0 Å². The number of hydrogen-bond donors (Lipinski definition) is 0. The maximum Gasteiger partial charge on any atom is 0.416 e. The third-order valence-electron chi connectivity index (χ3n) is 4.88. The Balaban J connectivity index is 1.42. The van der Waals surface area contributed by atoms with Gasteiger partial charge in [0.05, 0.1) is 11.8 Å². The number of carbonyl (C=O) groups is 2. The molecule has 30 heavy (non-hydrogen) atoms. The summed E-state index contributed by atoms with van der Waals surface area (Å²) in [7, 11) is 0. The number of alkyl halides is 3. The van der Waals surface area contributed by atoms with E-state index in [1.165, 1.54) is 30.5 Å². The van der Waals surface area contributed by atoms with E-state index >= 15 is 0 Å². The second-order valence-corrected chi connectivity index (χ2v) is 6.80. The van der Waals surface area contributed by atoms with Gasteiger partial charge in [0.15, 0.2) is 11.5 Å². The van der Waals surface area contributed by atoms with Gasteiger partial charge in [0.2, 0.25) is 0 Å². The van der Waals surface area contributed by atoms with Gasteiger partial charge in [-0.2, -0.15) is 13.2 Å². The van der Waals surface area contributed by atoms with Crippen molar-refractivity contribution in [3.63, 3.8) is 0 Å². The van der Waals surface area contributed by atoms with E-state index in [4.69, 9.17) is 8.83 Å². The summed E-state index contributed by atoms with van der Waals surface area (Å²) in [6, 6.07) is 10.9. The summed E-state index contributed by atoms with van der Waals surface area (Å²) in [6.45, 7) is 1.30. The average molecular weight is 418 g/mol. The van der Waals surface area contributed by atoms with Gasteiger partial charge in [-0.05, 0) is 36.4 Å². The maximum absolute atomic E-state index is 12.9. The van der Waals surface area contributed by atoms with E-state index in [1.807, 2.05) is 0 Å². The molecule has 6 nitrogen and oxygen atoms in total. The lowest BCUT2D eigenvalue weighted by atomic mass is 10.1. The Hall–Kier alpha value is -3.49. The second kappa shape index (κ2) is 7.74. The van der Waals surface area contributed by atoms with Crippen molar-refractivity contribution in [3.8, 4) is 11.3 Å². The predicted molar refractivity (Wildman–Crippen MR) is 99.7 cm³/mol. The molecule has 3 heterocycles. The zero-order valence-electron chi connectivity index (χ0n) is 15.7. The van der Waals surface area contributed by atoms with E-state index in [1.54, 1.807) is 21.9 Å². The number of piperazine rings is 1. The molecule has 2 amide bonds. The van der Waals surface area contributed by atoms with Crippen molar-refractivity contribution < 1.29 is 31.6 Å². The Bertz CT molecular complexity index is 1050. The highest BCUT2D eigenvalue weighted by Gasteiger charge is 2.31. The zero-order valence-corrected chi connectivity index (χ0v) is 15.7. The molecule has 0 saturated carbocycles. The summed E-state index contributed by atoms with van der Waals surface area (Å²) >= 11 is 0. The molecule has 1 aromatic carbocycles. The summed E-state index contributed by atoms with van der Waals surface area (Å²) in [5, 5.41) is 0. The highest BCUT2D eigenvalue weighted by atomic mass is 19.4. The number of nitrogens with zero attached hydrogens (tertiary/aromatic N) is 2. The molecule has 0 spiro atoms. The molecular formula is C21H17F3N2O4. The maximum atomic E-state index is 12.9. The molecule has 0 radical (unpaired) electrons. The highest BCUT2D eigenvalue weighted by Crippen LogP contribution is 2.32. The van der Waals surface area contributed by atoms with Gasteiger partial charge < -0.3 is 18.6 Å². The molecule has 1 fully saturated rings. The highest BCUT2D eigenvalue weighted by molar-refractivity contribution is 5.93. The number of rotatable bonds is 3. The summed E-state index contributed by atoms with van der Waals surface area (Å²) in [5.74, 6) is -0.161. The number of benzene rings is 1. The summed E-state index contributed by atoms with van der Waals surface area (Å²) in [5.41, 5.74) is -0.556. The van der Waals surface area contributed by atoms with Crippen LogP contribution in [0.1, 0.15) is 26.7 Å². The van der Waals surface area contributed by atoms with Crippen LogP contribution in [0, 0.1) is 0 Å². The van der Waals surface area contributed by atoms with Crippen LogP contribution < -0.4 is 0 Å². The normalized spacial score (nSPS) is 14.8. The number of amides is 2. The standard InChI is InChI=1S/C21H17F3N2O4/c22-21(23,24)15-4-1-3-14(13-15)16-6-7-18(30-16)20(28)26-10-8-25(9-11-26)19(27)17-5-2-12-29-17/h1-7,12-13H,8-11H2. The van der Waals surface area contributed by atoms with Crippen LogP contribution in [0.3, 0.4) is 0 Å². The quantitative estimate of drug-likeness (QED) is 0.641. The minimum atomic E-state index is -4.46. The summed E-state index contributed by atoms with van der Waals surface area (Å²) in [6.07, 6.45) is -3.04. The fourth-order valence-electron chi connectivity index (χ4n) is 3.28. The number of carbonyl (C=O) groups excluding carboxylic acids is 2. The summed E-state index contributed by atoms with van der Waals surface area (Å²) in [4.78, 5) is 28.1. The van der Waals surface area contributed by atoms with Crippen molar-refractivity contribution in [2.75, 3.05) is 26.2 Å². The van der Waals surface area contributed by atoms with Crippen molar-refractivity contribution >= 4 is 11.8 Å². The molecule has 156 valence electrons. The van der Waals surface area contributed by atoms with Crippen molar-refractivity contribution in [2.45, 2.75) is 6.18 Å². The van der Waals surface area contributed by atoms with E-state index in [2.05, 4.69) is 0 Å². The van der Waals surface area contributed by atoms with E-state index < -0.39 is 11.7 Å². The zero-order chi connectivity index (χ0) is 21.3.